The molecular weight excluding hydrogens is 366 g/mol. The van der Waals surface area contributed by atoms with Crippen LogP contribution >= 0.6 is 0 Å². The Kier molecular flexibility index (Phi) is 6.37. The van der Waals surface area contributed by atoms with E-state index in [1.165, 1.54) is 0 Å². The van der Waals surface area contributed by atoms with Gasteiger partial charge in [-0.1, -0.05) is 54.6 Å². The summed E-state index contributed by atoms with van der Waals surface area (Å²) in [5.41, 5.74) is 5.04. The molecule has 146 valence electrons. The molecule has 3 aromatic carbocycles. The number of hydrogen-bond acceptors (Lipinski definition) is 4. The monoisotopic (exact) mass is 387 g/mol. The molecule has 0 atom stereocenters. The van der Waals surface area contributed by atoms with Crippen molar-refractivity contribution in [2.75, 3.05) is 5.32 Å². The maximum atomic E-state index is 12.6. The van der Waals surface area contributed by atoms with Crippen molar-refractivity contribution >= 4 is 23.2 Å². The van der Waals surface area contributed by atoms with E-state index >= 15 is 0 Å². The summed E-state index contributed by atoms with van der Waals surface area (Å²) in [7, 11) is 0. The van der Waals surface area contributed by atoms with E-state index in [0.717, 1.165) is 5.56 Å². The number of benzene rings is 3. The van der Waals surface area contributed by atoms with Crippen molar-refractivity contribution in [3.63, 3.8) is 0 Å². The van der Waals surface area contributed by atoms with Crippen molar-refractivity contribution in [1.82, 2.24) is 5.43 Å². The third-order valence-electron chi connectivity index (χ3n) is 4.27. The molecule has 0 bridgehead atoms. The molecule has 3 aromatic rings. The van der Waals surface area contributed by atoms with Crippen molar-refractivity contribution < 1.29 is 14.7 Å². The first kappa shape index (κ1) is 19.8. The quantitative estimate of drug-likeness (QED) is 0.445. The Morgan fingerprint density at radius 2 is 1.48 bits per heavy atom. The lowest BCUT2D eigenvalue weighted by Gasteiger charge is -2.10. The number of hydrazone groups is 1. The molecule has 6 nitrogen and oxygen atoms in total. The maximum absolute atomic E-state index is 12.6. The zero-order chi connectivity index (χ0) is 20.6. The van der Waals surface area contributed by atoms with Crippen LogP contribution in [0.15, 0.2) is 84.0 Å². The minimum atomic E-state index is -0.463. The summed E-state index contributed by atoms with van der Waals surface area (Å²) < 4.78 is 0. The van der Waals surface area contributed by atoms with E-state index in [4.69, 9.17) is 0 Å². The zero-order valence-electron chi connectivity index (χ0n) is 15.9. The smallest absolute Gasteiger partial charge is 0.273 e. The third kappa shape index (κ3) is 5.29. The minimum Gasteiger partial charge on any atom is -0.507 e. The van der Waals surface area contributed by atoms with E-state index < -0.39 is 5.91 Å². The Bertz CT molecular complexity index is 1050. The highest BCUT2D eigenvalue weighted by Crippen LogP contribution is 2.17. The highest BCUT2D eigenvalue weighted by Gasteiger charge is 2.13. The van der Waals surface area contributed by atoms with Gasteiger partial charge in [0.2, 0.25) is 5.91 Å². The van der Waals surface area contributed by atoms with Crippen LogP contribution in [0, 0.1) is 0 Å². The van der Waals surface area contributed by atoms with Crippen LogP contribution in [0.5, 0.6) is 5.75 Å². The molecule has 0 aromatic heterocycles. The maximum Gasteiger partial charge on any atom is 0.273 e. The van der Waals surface area contributed by atoms with Gasteiger partial charge in [-0.3, -0.25) is 9.59 Å². The van der Waals surface area contributed by atoms with Gasteiger partial charge in [0, 0.05) is 5.56 Å². The van der Waals surface area contributed by atoms with Crippen LogP contribution in [0.3, 0.4) is 0 Å². The molecule has 0 heterocycles. The largest absolute Gasteiger partial charge is 0.507 e. The first-order chi connectivity index (χ1) is 14.0. The molecule has 0 radical (unpaired) electrons. The van der Waals surface area contributed by atoms with Crippen LogP contribution in [-0.2, 0) is 11.2 Å². The molecule has 3 rings (SSSR count). The van der Waals surface area contributed by atoms with Crippen LogP contribution in [0.25, 0.3) is 0 Å². The lowest BCUT2D eigenvalue weighted by Crippen LogP contribution is -2.22. The van der Waals surface area contributed by atoms with Gasteiger partial charge < -0.3 is 10.4 Å². The molecule has 2 amide bonds. The van der Waals surface area contributed by atoms with Gasteiger partial charge in [0.25, 0.3) is 5.91 Å². The summed E-state index contributed by atoms with van der Waals surface area (Å²) >= 11 is 0. The van der Waals surface area contributed by atoms with Crippen molar-refractivity contribution in [3.05, 3.63) is 95.6 Å². The number of amides is 2. The second-order valence-corrected chi connectivity index (χ2v) is 6.41. The van der Waals surface area contributed by atoms with Gasteiger partial charge in [-0.25, -0.2) is 5.43 Å². The van der Waals surface area contributed by atoms with Gasteiger partial charge in [-0.2, -0.15) is 5.10 Å². The lowest BCUT2D eigenvalue weighted by molar-refractivity contribution is -0.115. The predicted molar refractivity (Wildman–Crippen MR) is 113 cm³/mol. The van der Waals surface area contributed by atoms with Gasteiger partial charge in [0.15, 0.2) is 0 Å². The summed E-state index contributed by atoms with van der Waals surface area (Å²) in [6.45, 7) is 1.68. The van der Waals surface area contributed by atoms with Gasteiger partial charge >= 0.3 is 0 Å². The molecule has 6 heteroatoms. The number of phenols is 1. The third-order valence-corrected chi connectivity index (χ3v) is 4.27. The van der Waals surface area contributed by atoms with Crippen LogP contribution in [0.2, 0.25) is 0 Å². The van der Waals surface area contributed by atoms with Gasteiger partial charge in [-0.05, 0) is 36.8 Å². The van der Waals surface area contributed by atoms with Crippen molar-refractivity contribution in [3.8, 4) is 5.75 Å². The standard InChI is InChI=1S/C23H21N3O3/c1-16(18-11-6-8-14-21(18)27)25-26-23(29)19-12-5-7-13-20(19)24-22(28)15-17-9-3-2-4-10-17/h2-14,27H,15H2,1H3,(H,24,28)(H,26,29)/b25-16-. The number of carbonyl (C=O) groups is 2. The van der Waals surface area contributed by atoms with Gasteiger partial charge in [0.05, 0.1) is 23.4 Å². The molecule has 0 aliphatic rings. The van der Waals surface area contributed by atoms with E-state index in [2.05, 4.69) is 15.8 Å². The first-order valence-corrected chi connectivity index (χ1v) is 9.10. The van der Waals surface area contributed by atoms with Crippen molar-refractivity contribution in [2.45, 2.75) is 13.3 Å². The number of rotatable bonds is 6. The Morgan fingerprint density at radius 3 is 2.21 bits per heavy atom. The molecule has 0 aliphatic carbocycles. The molecule has 0 fully saturated rings. The number of anilines is 1. The molecule has 29 heavy (non-hydrogen) atoms. The number of nitrogens with one attached hydrogen (secondary N) is 2. The summed E-state index contributed by atoms with van der Waals surface area (Å²) in [6.07, 6.45) is 0.210. The lowest BCUT2D eigenvalue weighted by atomic mass is 10.1. The Labute approximate surface area is 168 Å². The topological polar surface area (TPSA) is 90.8 Å². The van der Waals surface area contributed by atoms with Gasteiger partial charge in [0.1, 0.15) is 5.75 Å². The fourth-order valence-electron chi connectivity index (χ4n) is 2.80. The SMILES string of the molecule is C/C(=N/NC(=O)c1ccccc1NC(=O)Cc1ccccc1)c1ccccc1O. The number of hydrogen-bond donors (Lipinski definition) is 3. The Balaban J connectivity index is 1.71. The Hall–Kier alpha value is -3.93. The number of para-hydroxylation sites is 2. The second kappa shape index (κ2) is 9.32. The molecule has 0 spiro atoms. The molecule has 0 saturated carbocycles. The molecule has 0 aliphatic heterocycles. The molecule has 0 saturated heterocycles. The minimum absolute atomic E-state index is 0.0802. The highest BCUT2D eigenvalue weighted by molar-refractivity contribution is 6.06. The highest BCUT2D eigenvalue weighted by atomic mass is 16.3. The number of aromatic hydroxyl groups is 1. The van der Waals surface area contributed by atoms with Crippen molar-refractivity contribution in [1.29, 1.82) is 0 Å². The summed E-state index contributed by atoms with van der Waals surface area (Å²) in [5, 5.41) is 16.7. The fraction of sp³-hybridized carbons (Fsp3) is 0.0870. The zero-order valence-corrected chi connectivity index (χ0v) is 15.9. The predicted octanol–water partition coefficient (Wildman–Crippen LogP) is 3.73. The summed E-state index contributed by atoms with van der Waals surface area (Å²) in [5.74, 6) is -0.600. The second-order valence-electron chi connectivity index (χ2n) is 6.41. The average molecular weight is 387 g/mol. The first-order valence-electron chi connectivity index (χ1n) is 9.10. The van der Waals surface area contributed by atoms with Gasteiger partial charge in [-0.15, -0.1) is 0 Å². The van der Waals surface area contributed by atoms with E-state index in [9.17, 15) is 14.7 Å². The average Bonchev–Trinajstić information content (AvgIpc) is 2.73. The summed E-state index contributed by atoms with van der Waals surface area (Å²) in [6, 6.07) is 22.8. The normalized spacial score (nSPS) is 11.0. The van der Waals surface area contributed by atoms with E-state index in [0.29, 0.717) is 22.5 Å². The van der Waals surface area contributed by atoms with E-state index in [-0.39, 0.29) is 18.1 Å². The molecular formula is C23H21N3O3. The van der Waals surface area contributed by atoms with Crippen molar-refractivity contribution in [2.24, 2.45) is 5.10 Å². The number of nitrogens with zero attached hydrogens (tertiary/aromatic N) is 1. The van der Waals surface area contributed by atoms with Crippen LogP contribution in [-0.4, -0.2) is 22.6 Å². The van der Waals surface area contributed by atoms with E-state index in [1.54, 1.807) is 55.5 Å². The number of phenolic OH excluding ortho intramolecular Hbond substituents is 1. The Morgan fingerprint density at radius 1 is 0.862 bits per heavy atom. The number of carbonyl (C=O) groups excluding carboxylic acids is 2. The van der Waals surface area contributed by atoms with Crippen LogP contribution in [0.4, 0.5) is 5.69 Å². The van der Waals surface area contributed by atoms with Crippen LogP contribution < -0.4 is 10.7 Å². The molecule has 0 unspecified atom stereocenters. The molecule has 3 N–H and O–H groups in total. The fourth-order valence-corrected chi connectivity index (χ4v) is 2.80. The van der Waals surface area contributed by atoms with Crippen LogP contribution in [0.1, 0.15) is 28.4 Å². The van der Waals surface area contributed by atoms with E-state index in [1.807, 2.05) is 30.3 Å². The summed E-state index contributed by atoms with van der Waals surface area (Å²) in [4.78, 5) is 24.9.